The molecule has 1 saturated heterocycles. The van der Waals surface area contributed by atoms with Gasteiger partial charge in [0.05, 0.1) is 18.7 Å². The lowest BCUT2D eigenvalue weighted by molar-refractivity contribution is -0.132. The first-order chi connectivity index (χ1) is 14.1. The second-order valence-electron chi connectivity index (χ2n) is 6.52. The molecule has 3 aromatic rings. The predicted molar refractivity (Wildman–Crippen MR) is 108 cm³/mol. The van der Waals surface area contributed by atoms with Gasteiger partial charge in [0.2, 0.25) is 0 Å². The number of aliphatic hydroxyl groups excluding tert-OH is 1. The fourth-order valence-corrected chi connectivity index (χ4v) is 3.47. The molecule has 6 heteroatoms. The second-order valence-corrected chi connectivity index (χ2v) is 6.52. The lowest BCUT2D eigenvalue weighted by Gasteiger charge is -2.25. The van der Waals surface area contributed by atoms with Crippen molar-refractivity contribution < 1.29 is 19.4 Å². The highest BCUT2D eigenvalue weighted by atomic mass is 16.5. The average molecular weight is 386 g/mol. The van der Waals surface area contributed by atoms with Crippen molar-refractivity contribution in [1.82, 2.24) is 4.98 Å². The van der Waals surface area contributed by atoms with Gasteiger partial charge in [-0.25, -0.2) is 0 Å². The van der Waals surface area contributed by atoms with Crippen LogP contribution in [-0.2, 0) is 9.59 Å². The van der Waals surface area contributed by atoms with Crippen LogP contribution in [0.4, 0.5) is 5.69 Å². The molecule has 1 fully saturated rings. The summed E-state index contributed by atoms with van der Waals surface area (Å²) in [6.45, 7) is 0. The van der Waals surface area contributed by atoms with Crippen molar-refractivity contribution in [2.45, 2.75) is 6.04 Å². The van der Waals surface area contributed by atoms with E-state index in [2.05, 4.69) is 4.98 Å². The number of ether oxygens (including phenoxy) is 1. The number of Topliss-reactive ketones (excluding diaryl/α,β-unsaturated/α-hetero) is 1. The number of carbonyl (C=O) groups is 2. The van der Waals surface area contributed by atoms with Gasteiger partial charge in [-0.15, -0.1) is 0 Å². The number of nitrogens with zero attached hydrogens (tertiary/aromatic N) is 2. The van der Waals surface area contributed by atoms with Crippen LogP contribution in [0.3, 0.4) is 0 Å². The van der Waals surface area contributed by atoms with Gasteiger partial charge in [-0.05, 0) is 35.9 Å². The number of anilines is 1. The lowest BCUT2D eigenvalue weighted by Crippen LogP contribution is -2.29. The molecule has 1 aliphatic rings. The number of para-hydroxylation sites is 1. The summed E-state index contributed by atoms with van der Waals surface area (Å²) in [5, 5.41) is 11.0. The number of aliphatic hydroxyl groups is 1. The molecular formula is C23H18N2O4. The molecule has 0 bridgehead atoms. The zero-order valence-electron chi connectivity index (χ0n) is 15.6. The molecule has 1 aromatic heterocycles. The molecule has 1 amide bonds. The molecule has 1 aliphatic heterocycles. The number of hydrogen-bond acceptors (Lipinski definition) is 5. The van der Waals surface area contributed by atoms with Gasteiger partial charge in [0.15, 0.2) is 0 Å². The summed E-state index contributed by atoms with van der Waals surface area (Å²) in [5.74, 6) is -1.17. The zero-order chi connectivity index (χ0) is 20.4. The topological polar surface area (TPSA) is 79.7 Å². The summed E-state index contributed by atoms with van der Waals surface area (Å²) in [6, 6.07) is 18.3. The molecule has 144 valence electrons. The number of amides is 1. The minimum Gasteiger partial charge on any atom is -0.507 e. The first-order valence-electron chi connectivity index (χ1n) is 9.02. The summed E-state index contributed by atoms with van der Waals surface area (Å²) in [5.41, 5.74) is 1.59. The third kappa shape index (κ3) is 3.25. The van der Waals surface area contributed by atoms with E-state index in [1.165, 1.54) is 12.0 Å². The maximum atomic E-state index is 13.0. The SMILES string of the molecule is COc1cccc(/C(O)=C2/C(=O)C(=O)N(c3ccccc3)C2c2cccnc2)c1. The average Bonchev–Trinajstić information content (AvgIpc) is 3.05. The number of hydrogen-bond donors (Lipinski definition) is 1. The van der Waals surface area contributed by atoms with E-state index in [0.29, 0.717) is 22.6 Å². The monoisotopic (exact) mass is 386 g/mol. The summed E-state index contributed by atoms with van der Waals surface area (Å²) >= 11 is 0. The molecule has 1 unspecified atom stereocenters. The fraction of sp³-hybridized carbons (Fsp3) is 0.0870. The molecule has 1 atom stereocenters. The van der Waals surface area contributed by atoms with Gasteiger partial charge in [0, 0.05) is 23.6 Å². The van der Waals surface area contributed by atoms with Crippen molar-refractivity contribution in [2.24, 2.45) is 0 Å². The first-order valence-corrected chi connectivity index (χ1v) is 9.02. The smallest absolute Gasteiger partial charge is 0.300 e. The van der Waals surface area contributed by atoms with Gasteiger partial charge >= 0.3 is 0 Å². The Morgan fingerprint density at radius 3 is 2.52 bits per heavy atom. The maximum absolute atomic E-state index is 13.0. The Morgan fingerprint density at radius 2 is 1.83 bits per heavy atom. The highest BCUT2D eigenvalue weighted by Gasteiger charge is 2.47. The van der Waals surface area contributed by atoms with Gasteiger partial charge in [0.25, 0.3) is 11.7 Å². The van der Waals surface area contributed by atoms with Crippen LogP contribution in [0.25, 0.3) is 5.76 Å². The molecule has 1 N–H and O–H groups in total. The number of pyridine rings is 1. The van der Waals surface area contributed by atoms with E-state index in [0.717, 1.165) is 0 Å². The van der Waals surface area contributed by atoms with Crippen LogP contribution < -0.4 is 9.64 Å². The van der Waals surface area contributed by atoms with Crippen LogP contribution in [0.2, 0.25) is 0 Å². The van der Waals surface area contributed by atoms with Crippen molar-refractivity contribution in [3.63, 3.8) is 0 Å². The molecule has 0 saturated carbocycles. The first kappa shape index (κ1) is 18.4. The summed E-state index contributed by atoms with van der Waals surface area (Å²) in [4.78, 5) is 31.4. The Labute approximate surface area is 167 Å². The van der Waals surface area contributed by atoms with E-state index in [-0.39, 0.29) is 11.3 Å². The number of benzene rings is 2. The van der Waals surface area contributed by atoms with E-state index in [1.807, 2.05) is 6.07 Å². The minimum absolute atomic E-state index is 0.0140. The normalized spacial score (nSPS) is 18.1. The van der Waals surface area contributed by atoms with Crippen molar-refractivity contribution in [3.05, 3.63) is 95.8 Å². The van der Waals surface area contributed by atoms with E-state index >= 15 is 0 Å². The van der Waals surface area contributed by atoms with Crippen LogP contribution in [0.15, 0.2) is 84.7 Å². The van der Waals surface area contributed by atoms with Crippen LogP contribution in [0.1, 0.15) is 17.2 Å². The summed E-state index contributed by atoms with van der Waals surface area (Å²) in [6.07, 6.45) is 3.20. The van der Waals surface area contributed by atoms with Crippen LogP contribution in [0, 0.1) is 0 Å². The molecule has 2 heterocycles. The van der Waals surface area contributed by atoms with Gasteiger partial charge in [0.1, 0.15) is 11.5 Å². The van der Waals surface area contributed by atoms with Crippen LogP contribution in [-0.4, -0.2) is 28.9 Å². The number of rotatable bonds is 4. The second kappa shape index (κ2) is 7.59. The van der Waals surface area contributed by atoms with Gasteiger partial charge in [-0.2, -0.15) is 0 Å². The molecule has 6 nitrogen and oxygen atoms in total. The van der Waals surface area contributed by atoms with E-state index < -0.39 is 17.7 Å². The Kier molecular flexibility index (Phi) is 4.83. The Morgan fingerprint density at radius 1 is 1.03 bits per heavy atom. The van der Waals surface area contributed by atoms with E-state index in [9.17, 15) is 14.7 Å². The highest BCUT2D eigenvalue weighted by Crippen LogP contribution is 2.41. The maximum Gasteiger partial charge on any atom is 0.300 e. The predicted octanol–water partition coefficient (Wildman–Crippen LogP) is 3.72. The third-order valence-corrected chi connectivity index (χ3v) is 4.82. The fourth-order valence-electron chi connectivity index (χ4n) is 3.47. The number of aromatic nitrogens is 1. The molecule has 4 rings (SSSR count). The van der Waals surface area contributed by atoms with Crippen molar-refractivity contribution in [2.75, 3.05) is 12.0 Å². The van der Waals surface area contributed by atoms with Crippen LogP contribution in [0.5, 0.6) is 5.75 Å². The standard InChI is InChI=1S/C23H18N2O4/c1-29-18-11-5-7-15(13-18)21(26)19-20(16-8-6-12-24-14-16)25(23(28)22(19)27)17-9-3-2-4-10-17/h2-14,20,26H,1H3/b21-19-. The number of methoxy groups -OCH3 is 1. The van der Waals surface area contributed by atoms with Crippen molar-refractivity contribution in [1.29, 1.82) is 0 Å². The summed E-state index contributed by atoms with van der Waals surface area (Å²) < 4.78 is 5.21. The number of ketones is 1. The Hall–Kier alpha value is -3.93. The molecular weight excluding hydrogens is 368 g/mol. The van der Waals surface area contributed by atoms with Crippen LogP contribution >= 0.6 is 0 Å². The van der Waals surface area contributed by atoms with Gasteiger partial charge < -0.3 is 9.84 Å². The largest absolute Gasteiger partial charge is 0.507 e. The van der Waals surface area contributed by atoms with Crippen molar-refractivity contribution in [3.8, 4) is 5.75 Å². The van der Waals surface area contributed by atoms with Gasteiger partial charge in [-0.1, -0.05) is 36.4 Å². The molecule has 0 spiro atoms. The molecule has 29 heavy (non-hydrogen) atoms. The molecule has 0 radical (unpaired) electrons. The van der Waals surface area contributed by atoms with E-state index in [4.69, 9.17) is 4.74 Å². The quantitative estimate of drug-likeness (QED) is 0.420. The van der Waals surface area contributed by atoms with Gasteiger partial charge in [-0.3, -0.25) is 19.5 Å². The molecule has 2 aromatic carbocycles. The minimum atomic E-state index is -0.794. The molecule has 0 aliphatic carbocycles. The Bertz CT molecular complexity index is 1090. The Balaban J connectivity index is 1.94. The third-order valence-electron chi connectivity index (χ3n) is 4.82. The summed E-state index contributed by atoms with van der Waals surface area (Å²) in [7, 11) is 1.52. The highest BCUT2D eigenvalue weighted by molar-refractivity contribution is 6.51. The number of carbonyl (C=O) groups excluding carboxylic acids is 2. The lowest BCUT2D eigenvalue weighted by atomic mass is 9.96. The van der Waals surface area contributed by atoms with E-state index in [1.54, 1.807) is 73.1 Å². The van der Waals surface area contributed by atoms with Crippen molar-refractivity contribution >= 4 is 23.1 Å². The zero-order valence-corrected chi connectivity index (χ0v) is 15.6.